The third kappa shape index (κ3) is 3.02. The van der Waals surface area contributed by atoms with Crippen LogP contribution in [0.15, 0.2) is 23.4 Å². The molecule has 19 heavy (non-hydrogen) atoms. The fourth-order valence-corrected chi connectivity index (χ4v) is 3.10. The monoisotopic (exact) mass is 278 g/mol. The van der Waals surface area contributed by atoms with Gasteiger partial charge in [0.25, 0.3) is 0 Å². The number of hydrogen-bond donors (Lipinski definition) is 2. The smallest absolute Gasteiger partial charge is 0.166 e. The number of nitrogens with zero attached hydrogens (tertiary/aromatic N) is 2. The highest BCUT2D eigenvalue weighted by Crippen LogP contribution is 2.22. The van der Waals surface area contributed by atoms with Crippen molar-refractivity contribution in [3.8, 4) is 0 Å². The minimum atomic E-state index is 0.280. The van der Waals surface area contributed by atoms with Gasteiger partial charge in [-0.25, -0.2) is 4.98 Å². The Morgan fingerprint density at radius 3 is 3.32 bits per heavy atom. The first kappa shape index (κ1) is 12.8. The fraction of sp³-hybridized carbons (Fsp3) is 0.462. The van der Waals surface area contributed by atoms with Crippen molar-refractivity contribution < 1.29 is 4.74 Å². The minimum absolute atomic E-state index is 0.280. The van der Waals surface area contributed by atoms with E-state index in [4.69, 9.17) is 10.5 Å². The van der Waals surface area contributed by atoms with Crippen LogP contribution >= 0.6 is 11.8 Å². The molecule has 2 aromatic rings. The van der Waals surface area contributed by atoms with Crippen LogP contribution in [0.5, 0.6) is 0 Å². The van der Waals surface area contributed by atoms with E-state index >= 15 is 0 Å². The Hall–Kier alpha value is -1.24. The maximum Gasteiger partial charge on any atom is 0.166 e. The highest BCUT2D eigenvalue weighted by molar-refractivity contribution is 7.99. The van der Waals surface area contributed by atoms with E-state index in [0.29, 0.717) is 0 Å². The molecule has 5 nitrogen and oxygen atoms in total. The zero-order valence-electron chi connectivity index (χ0n) is 10.9. The number of benzene rings is 1. The summed E-state index contributed by atoms with van der Waals surface area (Å²) in [5.41, 5.74) is 8.46. The number of imidazole rings is 1. The summed E-state index contributed by atoms with van der Waals surface area (Å²) in [6.45, 7) is 2.82. The SMILES string of the molecule is CN1CCOC(CSc2nc3ccc(N)cc3[nH]2)C1. The van der Waals surface area contributed by atoms with Crippen molar-refractivity contribution in [1.82, 2.24) is 14.9 Å². The van der Waals surface area contributed by atoms with Crippen LogP contribution in [0, 0.1) is 0 Å². The fourth-order valence-electron chi connectivity index (χ4n) is 2.21. The quantitative estimate of drug-likeness (QED) is 0.659. The Morgan fingerprint density at radius 1 is 1.58 bits per heavy atom. The molecule has 6 heteroatoms. The van der Waals surface area contributed by atoms with Gasteiger partial charge in [0.15, 0.2) is 5.16 Å². The molecule has 102 valence electrons. The first-order chi connectivity index (χ1) is 9.20. The van der Waals surface area contributed by atoms with Crippen LogP contribution in [0.4, 0.5) is 5.69 Å². The molecule has 3 rings (SSSR count). The maximum absolute atomic E-state index is 5.76. The Labute approximate surface area is 116 Å². The maximum atomic E-state index is 5.76. The van der Waals surface area contributed by atoms with Crippen LogP contribution in [0.1, 0.15) is 0 Å². The lowest BCUT2D eigenvalue weighted by molar-refractivity contribution is -0.00600. The van der Waals surface area contributed by atoms with Crippen molar-refractivity contribution in [3.05, 3.63) is 18.2 Å². The van der Waals surface area contributed by atoms with Gasteiger partial charge in [-0.15, -0.1) is 0 Å². The second-order valence-corrected chi connectivity index (χ2v) is 5.89. The molecule has 1 aromatic carbocycles. The van der Waals surface area contributed by atoms with E-state index in [9.17, 15) is 0 Å². The lowest BCUT2D eigenvalue weighted by Gasteiger charge is -2.29. The molecule has 2 heterocycles. The Bertz CT molecular complexity index is 571. The summed E-state index contributed by atoms with van der Waals surface area (Å²) in [6.07, 6.45) is 0.280. The van der Waals surface area contributed by atoms with Crippen LogP contribution in [-0.2, 0) is 4.74 Å². The normalized spacial score (nSPS) is 21.0. The number of rotatable bonds is 3. The third-order valence-corrected chi connectivity index (χ3v) is 4.24. The molecule has 1 unspecified atom stereocenters. The van der Waals surface area contributed by atoms with E-state index in [1.807, 2.05) is 18.2 Å². The minimum Gasteiger partial charge on any atom is -0.399 e. The summed E-state index contributed by atoms with van der Waals surface area (Å²) < 4.78 is 5.74. The number of nitrogen functional groups attached to an aromatic ring is 1. The summed E-state index contributed by atoms with van der Waals surface area (Å²) in [4.78, 5) is 10.1. The van der Waals surface area contributed by atoms with Crippen molar-refractivity contribution in [2.24, 2.45) is 0 Å². The van der Waals surface area contributed by atoms with Crippen LogP contribution in [-0.4, -0.2) is 53.5 Å². The van der Waals surface area contributed by atoms with E-state index in [1.165, 1.54) is 0 Å². The Balaban J connectivity index is 1.65. The molecular formula is C13H18N4OS. The van der Waals surface area contributed by atoms with Crippen LogP contribution < -0.4 is 5.73 Å². The number of H-pyrrole nitrogens is 1. The van der Waals surface area contributed by atoms with E-state index in [1.54, 1.807) is 11.8 Å². The Morgan fingerprint density at radius 2 is 2.47 bits per heavy atom. The number of fused-ring (bicyclic) bond motifs is 1. The third-order valence-electron chi connectivity index (χ3n) is 3.23. The molecule has 0 amide bonds. The van der Waals surface area contributed by atoms with E-state index in [0.717, 1.165) is 47.3 Å². The van der Waals surface area contributed by atoms with Gasteiger partial charge in [0, 0.05) is 24.5 Å². The number of morpholine rings is 1. The number of nitrogens with two attached hydrogens (primary N) is 1. The van der Waals surface area contributed by atoms with Gasteiger partial charge in [-0.05, 0) is 25.2 Å². The van der Waals surface area contributed by atoms with Gasteiger partial charge < -0.3 is 20.4 Å². The summed E-state index contributed by atoms with van der Waals surface area (Å²) in [7, 11) is 2.13. The average molecular weight is 278 g/mol. The average Bonchev–Trinajstić information content (AvgIpc) is 2.78. The van der Waals surface area contributed by atoms with Gasteiger partial charge in [0.2, 0.25) is 0 Å². The van der Waals surface area contributed by atoms with Gasteiger partial charge in [0.05, 0.1) is 23.7 Å². The number of hydrogen-bond acceptors (Lipinski definition) is 5. The van der Waals surface area contributed by atoms with Gasteiger partial charge in [-0.1, -0.05) is 11.8 Å². The second kappa shape index (κ2) is 5.40. The molecule has 0 aliphatic carbocycles. The molecule has 1 saturated heterocycles. The molecule has 3 N–H and O–H groups in total. The van der Waals surface area contributed by atoms with E-state index < -0.39 is 0 Å². The Kier molecular flexibility index (Phi) is 3.63. The zero-order valence-corrected chi connectivity index (χ0v) is 11.7. The summed E-state index contributed by atoms with van der Waals surface area (Å²) in [5, 5.41) is 0.928. The lowest BCUT2D eigenvalue weighted by Crippen LogP contribution is -2.41. The number of thioether (sulfide) groups is 1. The molecule has 1 aromatic heterocycles. The van der Waals surface area contributed by atoms with Gasteiger partial charge >= 0.3 is 0 Å². The molecule has 1 atom stereocenters. The van der Waals surface area contributed by atoms with Gasteiger partial charge in [0.1, 0.15) is 0 Å². The number of anilines is 1. The summed E-state index contributed by atoms with van der Waals surface area (Å²) in [6, 6.07) is 5.73. The molecule has 0 radical (unpaired) electrons. The number of aromatic nitrogens is 2. The highest BCUT2D eigenvalue weighted by atomic mass is 32.2. The molecular weight excluding hydrogens is 260 g/mol. The van der Waals surface area contributed by atoms with Gasteiger partial charge in [-0.3, -0.25) is 0 Å². The van der Waals surface area contributed by atoms with Crippen molar-refractivity contribution >= 4 is 28.5 Å². The van der Waals surface area contributed by atoms with Crippen molar-refractivity contribution in [2.45, 2.75) is 11.3 Å². The lowest BCUT2D eigenvalue weighted by atomic mass is 10.3. The predicted octanol–water partition coefficient (Wildman–Crippen LogP) is 1.57. The van der Waals surface area contributed by atoms with Crippen molar-refractivity contribution in [3.63, 3.8) is 0 Å². The van der Waals surface area contributed by atoms with Crippen molar-refractivity contribution in [1.29, 1.82) is 0 Å². The van der Waals surface area contributed by atoms with Crippen LogP contribution in [0.3, 0.4) is 0 Å². The first-order valence-corrected chi connectivity index (χ1v) is 7.37. The topological polar surface area (TPSA) is 67.2 Å². The van der Waals surface area contributed by atoms with Gasteiger partial charge in [-0.2, -0.15) is 0 Å². The van der Waals surface area contributed by atoms with Crippen LogP contribution in [0.25, 0.3) is 11.0 Å². The first-order valence-electron chi connectivity index (χ1n) is 6.39. The zero-order chi connectivity index (χ0) is 13.2. The number of aromatic amines is 1. The summed E-state index contributed by atoms with van der Waals surface area (Å²) >= 11 is 1.70. The number of nitrogens with one attached hydrogen (secondary N) is 1. The largest absolute Gasteiger partial charge is 0.399 e. The summed E-state index contributed by atoms with van der Waals surface area (Å²) in [5.74, 6) is 0.916. The molecule has 0 saturated carbocycles. The number of likely N-dealkylation sites (N-methyl/N-ethyl adjacent to an activating group) is 1. The second-order valence-electron chi connectivity index (χ2n) is 4.88. The molecule has 0 bridgehead atoms. The van der Waals surface area contributed by atoms with E-state index in [-0.39, 0.29) is 6.10 Å². The molecule has 1 fully saturated rings. The van der Waals surface area contributed by atoms with E-state index in [2.05, 4.69) is 21.9 Å². The molecule has 1 aliphatic heterocycles. The standard InChI is InChI=1S/C13H18N4OS/c1-17-4-5-18-10(7-17)8-19-13-15-11-3-2-9(14)6-12(11)16-13/h2-3,6,10H,4-5,7-8,14H2,1H3,(H,15,16). The molecule has 1 aliphatic rings. The highest BCUT2D eigenvalue weighted by Gasteiger charge is 2.18. The van der Waals surface area contributed by atoms with Crippen LogP contribution in [0.2, 0.25) is 0 Å². The molecule has 0 spiro atoms. The van der Waals surface area contributed by atoms with Crippen molar-refractivity contribution in [2.75, 3.05) is 38.2 Å². The predicted molar refractivity (Wildman–Crippen MR) is 78.5 cm³/mol. The number of ether oxygens (including phenoxy) is 1.